The Kier molecular flexibility index (Phi) is 5.71. The van der Waals surface area contributed by atoms with Gasteiger partial charge in [0.2, 0.25) is 11.8 Å². The number of nitrogens with one attached hydrogen (secondary N) is 1. The predicted octanol–water partition coefficient (Wildman–Crippen LogP) is 3.11. The molecule has 0 aliphatic carbocycles. The van der Waals surface area contributed by atoms with Gasteiger partial charge in [0.25, 0.3) is 5.91 Å². The molecule has 1 atom stereocenters. The third-order valence-electron chi connectivity index (χ3n) is 5.80. The minimum atomic E-state index is -0.963. The molecule has 31 heavy (non-hydrogen) atoms. The number of fused-ring (bicyclic) bond motifs is 1. The lowest BCUT2D eigenvalue weighted by molar-refractivity contribution is -0.135. The number of anilines is 1. The van der Waals surface area contributed by atoms with E-state index < -0.39 is 29.1 Å². The highest BCUT2D eigenvalue weighted by atomic mass is 19.1. The van der Waals surface area contributed by atoms with Gasteiger partial charge in [-0.05, 0) is 48.2 Å². The molecule has 2 aliphatic heterocycles. The molecule has 2 aliphatic rings. The van der Waals surface area contributed by atoms with Crippen molar-refractivity contribution in [3.05, 3.63) is 64.7 Å². The summed E-state index contributed by atoms with van der Waals surface area (Å²) in [6.45, 7) is 2.63. The number of benzene rings is 2. The Morgan fingerprint density at radius 2 is 1.68 bits per heavy atom. The number of nitrogens with zero attached hydrogens (tertiary/aromatic N) is 2. The lowest BCUT2D eigenvalue weighted by atomic mass is 9.91. The number of amides is 3. The number of hydrogen-bond donors (Lipinski definition) is 1. The van der Waals surface area contributed by atoms with Gasteiger partial charge in [-0.1, -0.05) is 12.1 Å². The molecule has 1 N–H and O–H groups in total. The standard InChI is InChI=1S/C23H23F2N3O3/c1-14(29)26-17-8-7-15-12-20(22(30)27-9-2-3-10-27)28(13-16(15)11-17)23(31)21-18(24)5-4-6-19(21)25/h4-8,11,20H,2-3,9-10,12-13H2,1H3,(H,26,29)/t20-/m1/s1. The minimum Gasteiger partial charge on any atom is -0.341 e. The monoisotopic (exact) mass is 427 g/mol. The first-order valence-corrected chi connectivity index (χ1v) is 10.3. The van der Waals surface area contributed by atoms with E-state index in [0.29, 0.717) is 18.8 Å². The Balaban J connectivity index is 1.72. The molecule has 4 rings (SSSR count). The quantitative estimate of drug-likeness (QED) is 0.819. The van der Waals surface area contributed by atoms with E-state index in [2.05, 4.69) is 5.32 Å². The maximum atomic E-state index is 14.4. The van der Waals surface area contributed by atoms with Crippen molar-refractivity contribution in [2.24, 2.45) is 0 Å². The van der Waals surface area contributed by atoms with Crippen LogP contribution in [0, 0.1) is 11.6 Å². The van der Waals surface area contributed by atoms with Crippen molar-refractivity contribution >= 4 is 23.4 Å². The molecular weight excluding hydrogens is 404 g/mol. The Hall–Kier alpha value is -3.29. The zero-order chi connectivity index (χ0) is 22.1. The van der Waals surface area contributed by atoms with Crippen molar-refractivity contribution in [3.63, 3.8) is 0 Å². The highest BCUT2D eigenvalue weighted by Gasteiger charge is 2.39. The number of likely N-dealkylation sites (tertiary alicyclic amines) is 1. The second kappa shape index (κ2) is 8.45. The average Bonchev–Trinajstić information content (AvgIpc) is 3.26. The zero-order valence-electron chi connectivity index (χ0n) is 17.2. The molecule has 2 aromatic carbocycles. The summed E-state index contributed by atoms with van der Waals surface area (Å²) in [4.78, 5) is 40.8. The first-order chi connectivity index (χ1) is 14.8. The van der Waals surface area contributed by atoms with Crippen molar-refractivity contribution in [3.8, 4) is 0 Å². The van der Waals surface area contributed by atoms with Gasteiger partial charge in [-0.25, -0.2) is 8.78 Å². The summed E-state index contributed by atoms with van der Waals surface area (Å²) in [6, 6.07) is 7.69. The molecule has 0 unspecified atom stereocenters. The van der Waals surface area contributed by atoms with Gasteiger partial charge < -0.3 is 15.1 Å². The highest BCUT2D eigenvalue weighted by Crippen LogP contribution is 2.30. The van der Waals surface area contributed by atoms with Crippen LogP contribution in [0.25, 0.3) is 0 Å². The van der Waals surface area contributed by atoms with Crippen LogP contribution in [0.15, 0.2) is 36.4 Å². The predicted molar refractivity (Wildman–Crippen MR) is 110 cm³/mol. The van der Waals surface area contributed by atoms with E-state index in [4.69, 9.17) is 0 Å². The van der Waals surface area contributed by atoms with Crippen molar-refractivity contribution < 1.29 is 23.2 Å². The van der Waals surface area contributed by atoms with Crippen molar-refractivity contribution in [2.75, 3.05) is 18.4 Å². The van der Waals surface area contributed by atoms with Crippen molar-refractivity contribution in [1.82, 2.24) is 9.80 Å². The smallest absolute Gasteiger partial charge is 0.260 e. The van der Waals surface area contributed by atoms with E-state index in [-0.39, 0.29) is 24.8 Å². The Morgan fingerprint density at radius 1 is 1.00 bits per heavy atom. The molecule has 2 aromatic rings. The third-order valence-corrected chi connectivity index (χ3v) is 5.80. The van der Waals surface area contributed by atoms with Crippen LogP contribution < -0.4 is 5.32 Å². The first-order valence-electron chi connectivity index (χ1n) is 10.3. The molecule has 1 saturated heterocycles. The number of halogens is 2. The van der Waals surface area contributed by atoms with E-state index in [1.165, 1.54) is 17.9 Å². The normalized spacial score (nSPS) is 18.0. The summed E-state index contributed by atoms with van der Waals surface area (Å²) in [5, 5.41) is 2.69. The van der Waals surface area contributed by atoms with Gasteiger partial charge in [-0.15, -0.1) is 0 Å². The minimum absolute atomic E-state index is 0.0135. The maximum absolute atomic E-state index is 14.4. The summed E-state index contributed by atoms with van der Waals surface area (Å²) < 4.78 is 28.7. The zero-order valence-corrected chi connectivity index (χ0v) is 17.2. The molecule has 6 nitrogen and oxygen atoms in total. The Bertz CT molecular complexity index is 1030. The fourth-order valence-electron chi connectivity index (χ4n) is 4.29. The molecule has 0 saturated carbocycles. The van der Waals surface area contributed by atoms with Gasteiger partial charge in [-0.3, -0.25) is 14.4 Å². The van der Waals surface area contributed by atoms with Crippen LogP contribution in [-0.2, 0) is 22.6 Å². The number of carbonyl (C=O) groups excluding carboxylic acids is 3. The van der Waals surface area contributed by atoms with Crippen LogP contribution in [-0.4, -0.2) is 46.7 Å². The topological polar surface area (TPSA) is 69.7 Å². The Labute approximate surface area is 178 Å². The van der Waals surface area contributed by atoms with E-state index >= 15 is 0 Å². The van der Waals surface area contributed by atoms with Crippen LogP contribution >= 0.6 is 0 Å². The van der Waals surface area contributed by atoms with Gasteiger partial charge in [0.05, 0.1) is 0 Å². The summed E-state index contributed by atoms with van der Waals surface area (Å²) in [5.41, 5.74) is 1.48. The van der Waals surface area contributed by atoms with Gasteiger partial charge >= 0.3 is 0 Å². The lowest BCUT2D eigenvalue weighted by Crippen LogP contribution is -2.53. The van der Waals surface area contributed by atoms with E-state index in [0.717, 1.165) is 36.1 Å². The summed E-state index contributed by atoms with van der Waals surface area (Å²) in [7, 11) is 0. The molecule has 0 aromatic heterocycles. The van der Waals surface area contributed by atoms with Gasteiger partial charge in [0.15, 0.2) is 0 Å². The fraction of sp³-hybridized carbons (Fsp3) is 0.348. The van der Waals surface area contributed by atoms with E-state index in [1.807, 2.05) is 6.07 Å². The lowest BCUT2D eigenvalue weighted by Gasteiger charge is -2.38. The van der Waals surface area contributed by atoms with Crippen LogP contribution in [0.1, 0.15) is 41.3 Å². The SMILES string of the molecule is CC(=O)Nc1ccc2c(c1)CN(C(=O)c1c(F)cccc1F)[C@@H](C(=O)N1CCCC1)C2. The summed E-state index contributed by atoms with van der Waals surface area (Å²) in [5.74, 6) is -3.23. The summed E-state index contributed by atoms with van der Waals surface area (Å²) in [6.07, 6.45) is 2.03. The van der Waals surface area contributed by atoms with Crippen LogP contribution in [0.4, 0.5) is 14.5 Å². The van der Waals surface area contributed by atoms with Crippen LogP contribution in [0.3, 0.4) is 0 Å². The second-order valence-electron chi connectivity index (χ2n) is 7.95. The molecular formula is C23H23F2N3O3. The average molecular weight is 427 g/mol. The third kappa shape index (κ3) is 4.15. The Morgan fingerprint density at radius 3 is 2.32 bits per heavy atom. The van der Waals surface area contributed by atoms with E-state index in [1.54, 1.807) is 17.0 Å². The summed E-state index contributed by atoms with van der Waals surface area (Å²) >= 11 is 0. The number of rotatable bonds is 3. The largest absolute Gasteiger partial charge is 0.341 e. The fourth-order valence-corrected chi connectivity index (χ4v) is 4.29. The number of hydrogen-bond acceptors (Lipinski definition) is 3. The highest BCUT2D eigenvalue weighted by molar-refractivity contribution is 5.98. The van der Waals surface area contributed by atoms with Crippen LogP contribution in [0.5, 0.6) is 0 Å². The van der Waals surface area contributed by atoms with Gasteiger partial charge in [-0.2, -0.15) is 0 Å². The first kappa shape index (κ1) is 21.0. The van der Waals surface area contributed by atoms with Crippen molar-refractivity contribution in [2.45, 2.75) is 38.8 Å². The molecule has 1 fully saturated rings. The molecule has 2 heterocycles. The maximum Gasteiger partial charge on any atom is 0.260 e. The molecule has 0 bridgehead atoms. The molecule has 0 radical (unpaired) electrons. The molecule has 162 valence electrons. The molecule has 0 spiro atoms. The molecule has 8 heteroatoms. The molecule has 3 amide bonds. The van der Waals surface area contributed by atoms with E-state index in [9.17, 15) is 23.2 Å². The number of carbonyl (C=O) groups is 3. The van der Waals surface area contributed by atoms with Crippen LogP contribution in [0.2, 0.25) is 0 Å². The van der Waals surface area contributed by atoms with Gasteiger partial charge in [0, 0.05) is 38.7 Å². The second-order valence-corrected chi connectivity index (χ2v) is 7.95. The van der Waals surface area contributed by atoms with Gasteiger partial charge in [0.1, 0.15) is 23.2 Å². The van der Waals surface area contributed by atoms with Crippen molar-refractivity contribution in [1.29, 1.82) is 0 Å².